The zero-order chi connectivity index (χ0) is 15.0. The van der Waals surface area contributed by atoms with Gasteiger partial charge in [0.1, 0.15) is 0 Å². The van der Waals surface area contributed by atoms with Crippen molar-refractivity contribution in [2.24, 2.45) is 5.73 Å². The Balaban J connectivity index is 2.79. The third-order valence-corrected chi connectivity index (χ3v) is 2.64. The highest BCUT2D eigenvalue weighted by Gasteiger charge is 2.16. The molecule has 0 saturated carbocycles. The molecule has 0 aromatic heterocycles. The molecular weight excluding hydrogens is 256 g/mol. The van der Waals surface area contributed by atoms with Crippen LogP contribution in [-0.4, -0.2) is 25.2 Å². The zero-order valence-corrected chi connectivity index (χ0v) is 12.0. The Morgan fingerprint density at radius 1 is 1.50 bits per heavy atom. The smallest absolute Gasteiger partial charge is 0.261 e. The van der Waals surface area contributed by atoms with Crippen LogP contribution in [0.15, 0.2) is 30.9 Å². The molecule has 0 bridgehead atoms. The number of rotatable bonds is 8. The molecule has 3 N–H and O–H groups in total. The summed E-state index contributed by atoms with van der Waals surface area (Å²) in [5.74, 6) is 0.930. The molecule has 5 nitrogen and oxygen atoms in total. The minimum Gasteiger partial charge on any atom is -0.490 e. The van der Waals surface area contributed by atoms with Crippen molar-refractivity contribution in [3.63, 3.8) is 0 Å². The summed E-state index contributed by atoms with van der Waals surface area (Å²) >= 11 is 0. The Kier molecular flexibility index (Phi) is 6.59. The number of carbonyl (C=O) groups excluding carboxylic acids is 1. The number of nitrogens with two attached hydrogens (primary N) is 1. The predicted octanol–water partition coefficient (Wildman–Crippen LogP) is 1.61. The van der Waals surface area contributed by atoms with E-state index in [1.807, 2.05) is 19.1 Å². The average Bonchev–Trinajstić information content (AvgIpc) is 2.46. The van der Waals surface area contributed by atoms with E-state index in [1.165, 1.54) is 0 Å². The molecule has 1 unspecified atom stereocenters. The van der Waals surface area contributed by atoms with Gasteiger partial charge in [-0.3, -0.25) is 4.79 Å². The van der Waals surface area contributed by atoms with Crippen molar-refractivity contribution >= 4 is 5.91 Å². The third kappa shape index (κ3) is 4.59. The quantitative estimate of drug-likeness (QED) is 0.709. The molecule has 1 amide bonds. The van der Waals surface area contributed by atoms with E-state index in [1.54, 1.807) is 19.1 Å². The molecule has 20 heavy (non-hydrogen) atoms. The van der Waals surface area contributed by atoms with Crippen molar-refractivity contribution in [1.82, 2.24) is 5.32 Å². The van der Waals surface area contributed by atoms with Gasteiger partial charge in [0.25, 0.3) is 5.91 Å². The van der Waals surface area contributed by atoms with Crippen LogP contribution in [0.25, 0.3) is 0 Å². The summed E-state index contributed by atoms with van der Waals surface area (Å²) in [6, 6.07) is 5.45. The predicted molar refractivity (Wildman–Crippen MR) is 78.8 cm³/mol. The van der Waals surface area contributed by atoms with Crippen LogP contribution >= 0.6 is 0 Å². The highest BCUT2D eigenvalue weighted by molar-refractivity contribution is 5.80. The van der Waals surface area contributed by atoms with Gasteiger partial charge in [-0.05, 0) is 31.5 Å². The van der Waals surface area contributed by atoms with Crippen LogP contribution in [0, 0.1) is 0 Å². The molecule has 0 aliphatic rings. The molecule has 0 saturated heterocycles. The fraction of sp³-hybridized carbons (Fsp3) is 0.400. The average molecular weight is 278 g/mol. The van der Waals surface area contributed by atoms with Crippen molar-refractivity contribution in [3.05, 3.63) is 36.4 Å². The fourth-order valence-corrected chi connectivity index (χ4v) is 1.61. The molecule has 1 rings (SSSR count). The summed E-state index contributed by atoms with van der Waals surface area (Å²) < 4.78 is 11.2. The lowest BCUT2D eigenvalue weighted by molar-refractivity contribution is -0.127. The lowest BCUT2D eigenvalue weighted by Crippen LogP contribution is -2.36. The zero-order valence-electron chi connectivity index (χ0n) is 12.0. The highest BCUT2D eigenvalue weighted by Crippen LogP contribution is 2.29. The summed E-state index contributed by atoms with van der Waals surface area (Å²) in [4.78, 5) is 11.8. The standard InChI is InChI=1S/C15H22N2O3/c1-4-8-17-15(18)11(3)20-13-7-6-12(10-16)9-14(13)19-5-2/h4,6-7,9,11H,1,5,8,10,16H2,2-3H3,(H,17,18). The lowest BCUT2D eigenvalue weighted by Gasteiger charge is -2.17. The first-order valence-electron chi connectivity index (χ1n) is 6.63. The Morgan fingerprint density at radius 2 is 2.25 bits per heavy atom. The van der Waals surface area contributed by atoms with Crippen molar-refractivity contribution in [2.75, 3.05) is 13.2 Å². The second-order valence-corrected chi connectivity index (χ2v) is 4.21. The molecule has 0 radical (unpaired) electrons. The minimum absolute atomic E-state index is 0.199. The van der Waals surface area contributed by atoms with Crippen LogP contribution in [0.5, 0.6) is 11.5 Å². The Labute approximate surface area is 119 Å². The number of hydrogen-bond donors (Lipinski definition) is 2. The van der Waals surface area contributed by atoms with Gasteiger partial charge in [0.2, 0.25) is 0 Å². The summed E-state index contributed by atoms with van der Waals surface area (Å²) in [6.45, 7) is 8.47. The van der Waals surface area contributed by atoms with Crippen molar-refractivity contribution < 1.29 is 14.3 Å². The van der Waals surface area contributed by atoms with Crippen molar-refractivity contribution in [3.8, 4) is 11.5 Å². The molecule has 0 aliphatic carbocycles. The van der Waals surface area contributed by atoms with Gasteiger partial charge in [-0.15, -0.1) is 6.58 Å². The van der Waals surface area contributed by atoms with Crippen LogP contribution in [0.2, 0.25) is 0 Å². The monoisotopic (exact) mass is 278 g/mol. The van der Waals surface area contributed by atoms with Gasteiger partial charge in [0, 0.05) is 13.1 Å². The normalized spacial score (nSPS) is 11.6. The largest absolute Gasteiger partial charge is 0.490 e. The maximum absolute atomic E-state index is 11.8. The van der Waals surface area contributed by atoms with E-state index in [0.29, 0.717) is 31.2 Å². The van der Waals surface area contributed by atoms with E-state index in [2.05, 4.69) is 11.9 Å². The van der Waals surface area contributed by atoms with Gasteiger partial charge in [0.15, 0.2) is 17.6 Å². The summed E-state index contributed by atoms with van der Waals surface area (Å²) in [7, 11) is 0. The third-order valence-electron chi connectivity index (χ3n) is 2.64. The van der Waals surface area contributed by atoms with Crippen LogP contribution in [0.4, 0.5) is 0 Å². The molecule has 0 aliphatic heterocycles. The van der Waals surface area contributed by atoms with E-state index in [-0.39, 0.29) is 5.91 Å². The second-order valence-electron chi connectivity index (χ2n) is 4.21. The Morgan fingerprint density at radius 3 is 2.85 bits per heavy atom. The van der Waals surface area contributed by atoms with Crippen LogP contribution in [0.3, 0.4) is 0 Å². The Hall–Kier alpha value is -2.01. The first-order chi connectivity index (χ1) is 9.62. The molecule has 0 heterocycles. The van der Waals surface area contributed by atoms with E-state index in [0.717, 1.165) is 5.56 Å². The second kappa shape index (κ2) is 8.22. The number of hydrogen-bond acceptors (Lipinski definition) is 4. The maximum atomic E-state index is 11.8. The van der Waals surface area contributed by atoms with E-state index in [9.17, 15) is 4.79 Å². The number of benzene rings is 1. The van der Waals surface area contributed by atoms with Gasteiger partial charge < -0.3 is 20.5 Å². The molecule has 110 valence electrons. The molecule has 0 fully saturated rings. The Bertz CT molecular complexity index is 460. The molecule has 1 aromatic rings. The number of ether oxygens (including phenoxy) is 2. The first-order valence-corrected chi connectivity index (χ1v) is 6.63. The van der Waals surface area contributed by atoms with E-state index >= 15 is 0 Å². The summed E-state index contributed by atoms with van der Waals surface area (Å²) in [5.41, 5.74) is 6.55. The fourth-order valence-electron chi connectivity index (χ4n) is 1.61. The lowest BCUT2D eigenvalue weighted by atomic mass is 10.2. The van der Waals surface area contributed by atoms with E-state index < -0.39 is 6.10 Å². The van der Waals surface area contributed by atoms with Crippen LogP contribution in [0.1, 0.15) is 19.4 Å². The molecular formula is C15H22N2O3. The first kappa shape index (κ1) is 16.0. The number of carbonyl (C=O) groups is 1. The van der Waals surface area contributed by atoms with E-state index in [4.69, 9.17) is 15.2 Å². The van der Waals surface area contributed by atoms with Crippen LogP contribution < -0.4 is 20.5 Å². The maximum Gasteiger partial charge on any atom is 0.261 e. The van der Waals surface area contributed by atoms with Crippen molar-refractivity contribution in [1.29, 1.82) is 0 Å². The summed E-state index contributed by atoms with van der Waals surface area (Å²) in [6.07, 6.45) is 1.00. The van der Waals surface area contributed by atoms with Gasteiger partial charge in [-0.2, -0.15) is 0 Å². The minimum atomic E-state index is -0.613. The number of nitrogens with one attached hydrogen (secondary N) is 1. The van der Waals surface area contributed by atoms with Gasteiger partial charge in [-0.25, -0.2) is 0 Å². The molecule has 1 atom stereocenters. The molecule has 5 heteroatoms. The van der Waals surface area contributed by atoms with Gasteiger partial charge in [-0.1, -0.05) is 12.1 Å². The van der Waals surface area contributed by atoms with Crippen molar-refractivity contribution in [2.45, 2.75) is 26.5 Å². The van der Waals surface area contributed by atoms with Gasteiger partial charge >= 0.3 is 0 Å². The topological polar surface area (TPSA) is 73.6 Å². The SMILES string of the molecule is C=CCNC(=O)C(C)Oc1ccc(CN)cc1OCC. The van der Waals surface area contributed by atoms with Gasteiger partial charge in [0.05, 0.1) is 6.61 Å². The highest BCUT2D eigenvalue weighted by atomic mass is 16.5. The molecule has 0 spiro atoms. The molecule has 1 aromatic carbocycles. The van der Waals surface area contributed by atoms with Crippen LogP contribution in [-0.2, 0) is 11.3 Å². The summed E-state index contributed by atoms with van der Waals surface area (Å²) in [5, 5.41) is 2.68. The number of amides is 1.